The van der Waals surface area contributed by atoms with Crippen molar-refractivity contribution in [1.82, 2.24) is 14.9 Å². The molecule has 13 heteroatoms. The average molecular weight is 586 g/mol. The number of ether oxygens (including phenoxy) is 1. The van der Waals surface area contributed by atoms with Crippen LogP contribution in [0.25, 0.3) is 0 Å². The first-order valence-electron chi connectivity index (χ1n) is 13.3. The van der Waals surface area contributed by atoms with Gasteiger partial charge in [0.15, 0.2) is 0 Å². The molecule has 2 amide bonds. The van der Waals surface area contributed by atoms with Gasteiger partial charge in [-0.3, -0.25) is 14.9 Å². The predicted molar refractivity (Wildman–Crippen MR) is 150 cm³/mol. The molecule has 1 aliphatic rings. The third-order valence-corrected chi connectivity index (χ3v) is 8.05. The molecule has 0 radical (unpaired) electrons. The van der Waals surface area contributed by atoms with Crippen molar-refractivity contribution in [3.05, 3.63) is 69.8 Å². The zero-order valence-corrected chi connectivity index (χ0v) is 24.1. The van der Waals surface area contributed by atoms with Gasteiger partial charge in [-0.2, -0.15) is 9.98 Å². The third kappa shape index (κ3) is 9.54. The fourth-order valence-electron chi connectivity index (χ4n) is 4.56. The van der Waals surface area contributed by atoms with E-state index in [-0.39, 0.29) is 22.9 Å². The number of sulfonamides is 1. The van der Waals surface area contributed by atoms with E-state index in [4.69, 9.17) is 4.74 Å². The van der Waals surface area contributed by atoms with E-state index in [0.29, 0.717) is 50.0 Å². The van der Waals surface area contributed by atoms with Crippen LogP contribution >= 0.6 is 0 Å². The number of piperidine rings is 1. The summed E-state index contributed by atoms with van der Waals surface area (Å²) in [5.74, 6) is -0.159. The minimum Gasteiger partial charge on any atom is -0.444 e. The minimum absolute atomic E-state index is 0.0117. The molecule has 1 saturated heterocycles. The number of likely N-dealkylation sites (tertiary alicyclic amines) is 1. The second kappa shape index (κ2) is 13.6. The molecule has 220 valence electrons. The standard InChI is InChI=1S/C28H35N5O7S/c1-28(2,3)40-27(35)30-13-10-20-11-14-32(15-12-20)26(34)25(17-21-6-4-7-22(16-21)19-29)31-41(38,39)24-9-5-8-23(18-24)33(36)37/h4-9,16,18,20,25,31H,10-15,17H2,1-3H3,(H,30,35)/t25-/m0/s1. The maximum atomic E-state index is 13.6. The highest BCUT2D eigenvalue weighted by atomic mass is 32.2. The van der Waals surface area contributed by atoms with Crippen LogP contribution in [0.1, 0.15) is 51.2 Å². The Kier molecular flexibility index (Phi) is 10.4. The Balaban J connectivity index is 1.70. The van der Waals surface area contributed by atoms with Crippen LogP contribution in [0.3, 0.4) is 0 Å². The summed E-state index contributed by atoms with van der Waals surface area (Å²) in [4.78, 5) is 37.3. The van der Waals surface area contributed by atoms with Gasteiger partial charge in [-0.25, -0.2) is 13.2 Å². The molecule has 1 heterocycles. The number of amides is 2. The second-order valence-electron chi connectivity index (χ2n) is 10.9. The zero-order valence-electron chi connectivity index (χ0n) is 23.3. The molecule has 0 aromatic heterocycles. The van der Waals surface area contributed by atoms with E-state index < -0.39 is 38.6 Å². The van der Waals surface area contributed by atoms with Crippen LogP contribution in [0, 0.1) is 27.4 Å². The first-order chi connectivity index (χ1) is 19.3. The summed E-state index contributed by atoms with van der Waals surface area (Å²) < 4.78 is 34.2. The van der Waals surface area contributed by atoms with Crippen molar-refractivity contribution >= 4 is 27.7 Å². The molecule has 12 nitrogen and oxygen atoms in total. The second-order valence-corrected chi connectivity index (χ2v) is 12.6. The van der Waals surface area contributed by atoms with Crippen LogP contribution < -0.4 is 10.0 Å². The lowest BCUT2D eigenvalue weighted by atomic mass is 9.93. The molecule has 2 aromatic rings. The molecule has 2 N–H and O–H groups in total. The van der Waals surface area contributed by atoms with Crippen LogP contribution in [0.5, 0.6) is 0 Å². The highest BCUT2D eigenvalue weighted by Crippen LogP contribution is 2.23. The van der Waals surface area contributed by atoms with E-state index in [0.717, 1.165) is 6.07 Å². The number of nitrogens with zero attached hydrogens (tertiary/aromatic N) is 3. The number of hydrogen-bond acceptors (Lipinski definition) is 8. The lowest BCUT2D eigenvalue weighted by molar-refractivity contribution is -0.385. The number of carbonyl (C=O) groups excluding carboxylic acids is 2. The average Bonchev–Trinajstić information content (AvgIpc) is 2.91. The number of non-ortho nitro benzene ring substituents is 1. The number of carbonyl (C=O) groups is 2. The number of benzene rings is 2. The van der Waals surface area contributed by atoms with Gasteiger partial charge in [0.25, 0.3) is 5.69 Å². The van der Waals surface area contributed by atoms with Crippen LogP contribution in [0.4, 0.5) is 10.5 Å². The van der Waals surface area contributed by atoms with Crippen molar-refractivity contribution in [2.24, 2.45) is 5.92 Å². The van der Waals surface area contributed by atoms with Gasteiger partial charge in [-0.05, 0) is 76.1 Å². The number of nitro benzene ring substituents is 1. The molecule has 0 spiro atoms. The van der Waals surface area contributed by atoms with Crippen molar-refractivity contribution in [1.29, 1.82) is 5.26 Å². The van der Waals surface area contributed by atoms with Gasteiger partial charge < -0.3 is 15.0 Å². The normalized spacial score (nSPS) is 15.0. The largest absolute Gasteiger partial charge is 0.444 e. The highest BCUT2D eigenvalue weighted by Gasteiger charge is 2.32. The number of hydrogen-bond donors (Lipinski definition) is 2. The number of alkyl carbamates (subject to hydrolysis) is 1. The number of nitro groups is 1. The molecular weight excluding hydrogens is 550 g/mol. The van der Waals surface area contributed by atoms with Gasteiger partial charge in [0.2, 0.25) is 15.9 Å². The Morgan fingerprint density at radius 3 is 2.49 bits per heavy atom. The summed E-state index contributed by atoms with van der Waals surface area (Å²) in [6.07, 6.45) is 1.57. The van der Waals surface area contributed by atoms with E-state index in [1.54, 1.807) is 49.9 Å². The van der Waals surface area contributed by atoms with Crippen LogP contribution in [-0.2, 0) is 26.0 Å². The molecule has 3 rings (SSSR count). The van der Waals surface area contributed by atoms with Gasteiger partial charge in [-0.1, -0.05) is 18.2 Å². The van der Waals surface area contributed by atoms with Gasteiger partial charge in [-0.15, -0.1) is 0 Å². The number of nitrogens with one attached hydrogen (secondary N) is 2. The molecule has 0 bridgehead atoms. The zero-order chi connectivity index (χ0) is 30.2. The predicted octanol–water partition coefficient (Wildman–Crippen LogP) is 3.51. The SMILES string of the molecule is CC(C)(C)OC(=O)NCCC1CCN(C(=O)[C@H](Cc2cccc(C#N)c2)NS(=O)(=O)c2cccc([N+](=O)[O-])c2)CC1. The Bertz CT molecular complexity index is 1410. The summed E-state index contributed by atoms with van der Waals surface area (Å²) in [6, 6.07) is 12.0. The third-order valence-electron chi connectivity index (χ3n) is 6.58. The smallest absolute Gasteiger partial charge is 0.407 e. The van der Waals surface area contributed by atoms with Gasteiger partial charge in [0, 0.05) is 31.8 Å². The maximum Gasteiger partial charge on any atom is 0.407 e. The Morgan fingerprint density at radius 1 is 1.17 bits per heavy atom. The molecule has 0 unspecified atom stereocenters. The summed E-state index contributed by atoms with van der Waals surface area (Å²) in [7, 11) is -4.30. The van der Waals surface area contributed by atoms with Crippen molar-refractivity contribution in [2.45, 2.75) is 63.0 Å². The van der Waals surface area contributed by atoms with E-state index in [1.165, 1.54) is 18.2 Å². The van der Waals surface area contributed by atoms with Crippen LogP contribution in [-0.4, -0.2) is 61.5 Å². The molecule has 1 fully saturated rings. The summed E-state index contributed by atoms with van der Waals surface area (Å²) in [6.45, 7) is 6.62. The highest BCUT2D eigenvalue weighted by molar-refractivity contribution is 7.89. The first-order valence-corrected chi connectivity index (χ1v) is 14.8. The molecule has 0 aliphatic carbocycles. The van der Waals surface area contributed by atoms with Crippen LogP contribution in [0.2, 0.25) is 0 Å². The first kappa shape index (κ1) is 31.5. The lowest BCUT2D eigenvalue weighted by Crippen LogP contribution is -2.51. The Labute approximate surface area is 239 Å². The molecule has 2 aromatic carbocycles. The summed E-state index contributed by atoms with van der Waals surface area (Å²) >= 11 is 0. The van der Waals surface area contributed by atoms with Gasteiger partial charge in [0.05, 0.1) is 21.5 Å². The molecule has 1 atom stereocenters. The summed E-state index contributed by atoms with van der Waals surface area (Å²) in [5.41, 5.74) is -0.0112. The topological polar surface area (TPSA) is 172 Å². The monoisotopic (exact) mass is 585 g/mol. The van der Waals surface area contributed by atoms with Gasteiger partial charge in [0.1, 0.15) is 11.6 Å². The van der Waals surface area contributed by atoms with E-state index in [9.17, 15) is 33.4 Å². The van der Waals surface area contributed by atoms with E-state index in [2.05, 4.69) is 10.0 Å². The maximum absolute atomic E-state index is 13.6. The van der Waals surface area contributed by atoms with Crippen molar-refractivity contribution in [2.75, 3.05) is 19.6 Å². The molecule has 1 aliphatic heterocycles. The van der Waals surface area contributed by atoms with Gasteiger partial charge >= 0.3 is 6.09 Å². The van der Waals surface area contributed by atoms with E-state index >= 15 is 0 Å². The Hall–Kier alpha value is -4.02. The fourth-order valence-corrected chi connectivity index (χ4v) is 5.79. The molecule has 0 saturated carbocycles. The molecular formula is C28H35N5O7S. The molecule has 41 heavy (non-hydrogen) atoms. The van der Waals surface area contributed by atoms with Crippen molar-refractivity contribution < 1.29 is 27.7 Å². The lowest BCUT2D eigenvalue weighted by Gasteiger charge is -2.34. The number of rotatable bonds is 10. The Morgan fingerprint density at radius 2 is 1.85 bits per heavy atom. The quantitative estimate of drug-likeness (QED) is 0.315. The van der Waals surface area contributed by atoms with E-state index in [1.807, 2.05) is 6.07 Å². The minimum atomic E-state index is -4.30. The summed E-state index contributed by atoms with van der Waals surface area (Å²) in [5, 5.41) is 23.2. The number of nitriles is 1. The van der Waals surface area contributed by atoms with Crippen LogP contribution in [0.15, 0.2) is 53.4 Å². The fraction of sp³-hybridized carbons (Fsp3) is 0.464. The van der Waals surface area contributed by atoms with Crippen molar-refractivity contribution in [3.8, 4) is 6.07 Å². The van der Waals surface area contributed by atoms with Crippen molar-refractivity contribution in [3.63, 3.8) is 0 Å².